The van der Waals surface area contributed by atoms with E-state index in [1.165, 1.54) is 0 Å². The van der Waals surface area contributed by atoms with Crippen molar-refractivity contribution in [2.75, 3.05) is 31.2 Å². The number of aliphatic hydroxyl groups is 1. The summed E-state index contributed by atoms with van der Waals surface area (Å²) < 4.78 is 0. The van der Waals surface area contributed by atoms with Crippen LogP contribution in [0.15, 0.2) is 29.3 Å². The van der Waals surface area contributed by atoms with E-state index in [2.05, 4.69) is 51.0 Å². The Hall–Kier alpha value is -3.04. The van der Waals surface area contributed by atoms with E-state index < -0.39 is 5.54 Å². The molecular formula is C25H37N7O2. The number of aromatic amines is 1. The summed E-state index contributed by atoms with van der Waals surface area (Å²) in [6.07, 6.45) is 8.53. The number of aromatic nitrogens is 4. The minimum absolute atomic E-state index is 0.0435. The number of pyridine rings is 2. The van der Waals surface area contributed by atoms with Gasteiger partial charge in [0.1, 0.15) is 5.52 Å². The number of nitrogens with two attached hydrogens (primary N) is 1. The molecule has 3 aromatic rings. The van der Waals surface area contributed by atoms with Gasteiger partial charge >= 0.3 is 0 Å². The van der Waals surface area contributed by atoms with Crippen molar-refractivity contribution in [2.45, 2.75) is 65.0 Å². The highest BCUT2D eigenvalue weighted by Crippen LogP contribution is 2.29. The highest BCUT2D eigenvalue weighted by molar-refractivity contribution is 5.89. The molecule has 0 aromatic carbocycles. The van der Waals surface area contributed by atoms with Crippen LogP contribution in [0.5, 0.6) is 0 Å². The average Bonchev–Trinajstić information content (AvgIpc) is 2.82. The van der Waals surface area contributed by atoms with Crippen LogP contribution in [0.3, 0.4) is 0 Å². The van der Waals surface area contributed by atoms with E-state index in [0.717, 1.165) is 55.3 Å². The average molecular weight is 468 g/mol. The Balaban J connectivity index is 2.01. The molecule has 3 aromatic heterocycles. The standard InChI is InChI=1S/C25H37N7O2/c1-5-7-9-25(3,16-33)31-23-22-20(29-24(26)30-23)11-17(13-28-22)19-12-21(34)27-14-18(19)15-32(4)10-8-6-2/h11-14,33H,5-10,15-16H2,1-4H3,(H,27,34)(H3,26,29,30,31)/t25-/m1/s1. The summed E-state index contributed by atoms with van der Waals surface area (Å²) in [4.78, 5) is 30.6. The third-order valence-electron chi connectivity index (χ3n) is 6.06. The van der Waals surface area contributed by atoms with Gasteiger partial charge in [0.05, 0.1) is 17.7 Å². The van der Waals surface area contributed by atoms with Crippen molar-refractivity contribution in [1.82, 2.24) is 24.8 Å². The van der Waals surface area contributed by atoms with Gasteiger partial charge in [0, 0.05) is 30.6 Å². The van der Waals surface area contributed by atoms with Crippen molar-refractivity contribution in [3.8, 4) is 11.1 Å². The van der Waals surface area contributed by atoms with Crippen molar-refractivity contribution < 1.29 is 5.11 Å². The van der Waals surface area contributed by atoms with Crippen LogP contribution in [0.2, 0.25) is 0 Å². The van der Waals surface area contributed by atoms with Gasteiger partial charge in [-0.3, -0.25) is 9.78 Å². The smallest absolute Gasteiger partial charge is 0.248 e. The topological polar surface area (TPSA) is 133 Å². The van der Waals surface area contributed by atoms with E-state index in [1.54, 1.807) is 18.5 Å². The van der Waals surface area contributed by atoms with E-state index in [1.807, 2.05) is 13.0 Å². The Morgan fingerprint density at radius 3 is 2.68 bits per heavy atom. The molecule has 5 N–H and O–H groups in total. The van der Waals surface area contributed by atoms with Gasteiger partial charge in [-0.05, 0) is 50.6 Å². The Kier molecular flexibility index (Phi) is 8.57. The molecule has 3 heterocycles. The minimum Gasteiger partial charge on any atom is -0.394 e. The predicted molar refractivity (Wildman–Crippen MR) is 138 cm³/mol. The lowest BCUT2D eigenvalue weighted by atomic mass is 9.96. The van der Waals surface area contributed by atoms with Gasteiger partial charge in [-0.1, -0.05) is 33.1 Å². The largest absolute Gasteiger partial charge is 0.394 e. The molecule has 0 saturated carbocycles. The molecule has 0 saturated heterocycles. The molecular weight excluding hydrogens is 430 g/mol. The third-order valence-corrected chi connectivity index (χ3v) is 6.06. The summed E-state index contributed by atoms with van der Waals surface area (Å²) in [5, 5.41) is 13.3. The van der Waals surface area contributed by atoms with E-state index in [-0.39, 0.29) is 18.1 Å². The van der Waals surface area contributed by atoms with E-state index in [9.17, 15) is 9.90 Å². The molecule has 0 aliphatic carbocycles. The van der Waals surface area contributed by atoms with Crippen molar-refractivity contribution in [2.24, 2.45) is 0 Å². The molecule has 0 bridgehead atoms. The second-order valence-electron chi connectivity index (χ2n) is 9.30. The van der Waals surface area contributed by atoms with E-state index in [0.29, 0.717) is 23.4 Å². The number of aliphatic hydroxyl groups excluding tert-OH is 1. The van der Waals surface area contributed by atoms with Crippen molar-refractivity contribution in [1.29, 1.82) is 0 Å². The van der Waals surface area contributed by atoms with Gasteiger partial charge in [0.15, 0.2) is 5.82 Å². The van der Waals surface area contributed by atoms with Crippen LogP contribution in [-0.4, -0.2) is 55.7 Å². The molecule has 0 unspecified atom stereocenters. The molecule has 0 amide bonds. The summed E-state index contributed by atoms with van der Waals surface area (Å²) >= 11 is 0. The van der Waals surface area contributed by atoms with Crippen LogP contribution in [0.25, 0.3) is 22.2 Å². The number of hydrogen-bond acceptors (Lipinski definition) is 8. The SMILES string of the molecule is CCCCN(C)Cc1c[nH]c(=O)cc1-c1cnc2c(N[C@@](C)(CO)CCCC)nc(N)nc2c1. The number of unbranched alkanes of at least 4 members (excludes halogenated alkanes) is 2. The summed E-state index contributed by atoms with van der Waals surface area (Å²) in [6.45, 7) is 7.88. The molecule has 1 atom stereocenters. The molecule has 0 spiro atoms. The van der Waals surface area contributed by atoms with Crippen LogP contribution in [0.4, 0.5) is 11.8 Å². The maximum absolute atomic E-state index is 12.2. The Morgan fingerprint density at radius 1 is 1.21 bits per heavy atom. The molecule has 184 valence electrons. The zero-order chi connectivity index (χ0) is 24.7. The Labute approximate surface area is 200 Å². The number of nitrogens with one attached hydrogen (secondary N) is 2. The minimum atomic E-state index is -0.549. The third kappa shape index (κ3) is 6.30. The molecule has 0 fully saturated rings. The zero-order valence-electron chi connectivity index (χ0n) is 20.7. The van der Waals surface area contributed by atoms with Crippen LogP contribution >= 0.6 is 0 Å². The lowest BCUT2D eigenvalue weighted by Crippen LogP contribution is -2.39. The fourth-order valence-electron chi connectivity index (χ4n) is 4.00. The van der Waals surface area contributed by atoms with Crippen molar-refractivity contribution in [3.63, 3.8) is 0 Å². The van der Waals surface area contributed by atoms with Crippen molar-refractivity contribution >= 4 is 22.8 Å². The van der Waals surface area contributed by atoms with Crippen LogP contribution < -0.4 is 16.6 Å². The lowest BCUT2D eigenvalue weighted by molar-refractivity contribution is 0.212. The molecule has 0 radical (unpaired) electrons. The molecule has 9 nitrogen and oxygen atoms in total. The van der Waals surface area contributed by atoms with E-state index >= 15 is 0 Å². The summed E-state index contributed by atoms with van der Waals surface area (Å²) in [6, 6.07) is 3.49. The summed E-state index contributed by atoms with van der Waals surface area (Å²) in [5.74, 6) is 0.613. The Bertz CT molecular complexity index is 1160. The molecule has 0 aliphatic rings. The fourth-order valence-corrected chi connectivity index (χ4v) is 4.00. The highest BCUT2D eigenvalue weighted by Gasteiger charge is 2.25. The number of H-pyrrole nitrogens is 1. The fraction of sp³-hybridized carbons (Fsp3) is 0.520. The van der Waals surface area contributed by atoms with Crippen LogP contribution in [-0.2, 0) is 6.54 Å². The quantitative estimate of drug-likeness (QED) is 0.318. The Morgan fingerprint density at radius 2 is 1.97 bits per heavy atom. The van der Waals surface area contributed by atoms with Crippen LogP contribution in [0, 0.1) is 0 Å². The number of hydrogen-bond donors (Lipinski definition) is 4. The number of rotatable bonds is 12. The first kappa shape index (κ1) is 25.6. The van der Waals surface area contributed by atoms with Gasteiger partial charge in [-0.15, -0.1) is 0 Å². The van der Waals surface area contributed by atoms with Crippen molar-refractivity contribution in [3.05, 3.63) is 40.4 Å². The van der Waals surface area contributed by atoms with Crippen LogP contribution in [0.1, 0.15) is 58.4 Å². The molecule has 3 rings (SSSR count). The summed E-state index contributed by atoms with van der Waals surface area (Å²) in [5.41, 5.74) is 9.07. The maximum atomic E-state index is 12.2. The molecule has 34 heavy (non-hydrogen) atoms. The number of nitrogen functional groups attached to an aromatic ring is 1. The first-order valence-electron chi connectivity index (χ1n) is 12.0. The summed E-state index contributed by atoms with van der Waals surface area (Å²) in [7, 11) is 2.08. The molecule has 9 heteroatoms. The normalized spacial score (nSPS) is 13.4. The lowest BCUT2D eigenvalue weighted by Gasteiger charge is -2.29. The highest BCUT2D eigenvalue weighted by atomic mass is 16.3. The second-order valence-corrected chi connectivity index (χ2v) is 9.30. The number of nitrogens with zero attached hydrogens (tertiary/aromatic N) is 4. The number of fused-ring (bicyclic) bond motifs is 1. The maximum Gasteiger partial charge on any atom is 0.248 e. The monoisotopic (exact) mass is 467 g/mol. The first-order valence-corrected chi connectivity index (χ1v) is 12.0. The van der Waals surface area contributed by atoms with Gasteiger partial charge in [-0.2, -0.15) is 4.98 Å². The number of anilines is 2. The first-order chi connectivity index (χ1) is 16.3. The van der Waals surface area contributed by atoms with Gasteiger partial charge in [0.25, 0.3) is 0 Å². The zero-order valence-corrected chi connectivity index (χ0v) is 20.7. The van der Waals surface area contributed by atoms with Gasteiger partial charge in [0.2, 0.25) is 11.5 Å². The second kappa shape index (κ2) is 11.4. The van der Waals surface area contributed by atoms with E-state index in [4.69, 9.17) is 5.73 Å². The van der Waals surface area contributed by atoms with Gasteiger partial charge < -0.3 is 26.0 Å². The van der Waals surface area contributed by atoms with Gasteiger partial charge in [-0.25, -0.2) is 4.98 Å². The predicted octanol–water partition coefficient (Wildman–Crippen LogP) is 3.55. The molecule has 0 aliphatic heterocycles.